The van der Waals surface area contributed by atoms with Gasteiger partial charge in [-0.2, -0.15) is 0 Å². The Morgan fingerprint density at radius 3 is 0.667 bits per heavy atom. The van der Waals surface area contributed by atoms with Crippen molar-refractivity contribution in [3.8, 4) is 0 Å². The monoisotopic (exact) mass is 147 g/mol. The summed E-state index contributed by atoms with van der Waals surface area (Å²) in [6.07, 6.45) is 0. The third-order valence-electron chi connectivity index (χ3n) is 0.200. The molecule has 0 aromatic rings. The molecule has 0 amide bonds. The number of hydrogen-bond acceptors (Lipinski definition) is 4. The molecule has 0 aromatic heterocycles. The molecule has 0 bridgehead atoms. The van der Waals surface area contributed by atoms with Gasteiger partial charge in [0.2, 0.25) is 0 Å². The summed E-state index contributed by atoms with van der Waals surface area (Å²) >= 11 is 0. The molecule has 0 spiro atoms. The molecule has 0 saturated heterocycles. The zero-order valence-electron chi connectivity index (χ0n) is 5.62. The van der Waals surface area contributed by atoms with Crippen molar-refractivity contribution in [2.24, 2.45) is 0 Å². The standard InChI is InChI=1S/2C2H6O2.Na/c2*3-1-2-4;/h2*3-4H,1-2H2;. The predicted molar refractivity (Wildman–Crippen MR) is 34.1 cm³/mol. The van der Waals surface area contributed by atoms with Crippen LogP contribution in [0.5, 0.6) is 0 Å². The van der Waals surface area contributed by atoms with Gasteiger partial charge in [-0.15, -0.1) is 0 Å². The zero-order valence-corrected chi connectivity index (χ0v) is 7.62. The molecule has 4 N–H and O–H groups in total. The summed E-state index contributed by atoms with van der Waals surface area (Å²) in [5.41, 5.74) is 0. The second-order valence-electron chi connectivity index (χ2n) is 0.894. The number of hydrogen-bond donors (Lipinski definition) is 4. The van der Waals surface area contributed by atoms with Gasteiger partial charge < -0.3 is 20.4 Å². The Balaban J connectivity index is -0.0000000720. The fourth-order valence-corrected chi connectivity index (χ4v) is 0. The van der Waals surface area contributed by atoms with Crippen LogP contribution in [-0.4, -0.2) is 76.4 Å². The van der Waals surface area contributed by atoms with Crippen molar-refractivity contribution in [3.63, 3.8) is 0 Å². The molecule has 5 heteroatoms. The van der Waals surface area contributed by atoms with E-state index >= 15 is 0 Å². The van der Waals surface area contributed by atoms with Gasteiger partial charge in [0.1, 0.15) is 0 Å². The Hall–Kier alpha value is 0.840. The molecule has 0 aliphatic carbocycles. The van der Waals surface area contributed by atoms with Crippen molar-refractivity contribution >= 4 is 29.6 Å². The summed E-state index contributed by atoms with van der Waals surface area (Å²) in [7, 11) is 0. The molecule has 53 valence electrons. The second-order valence-corrected chi connectivity index (χ2v) is 0.894. The summed E-state index contributed by atoms with van der Waals surface area (Å²) in [6, 6.07) is 0. The van der Waals surface area contributed by atoms with Crippen molar-refractivity contribution in [1.29, 1.82) is 0 Å². The largest absolute Gasteiger partial charge is 0.394 e. The maximum atomic E-state index is 7.62. The van der Waals surface area contributed by atoms with Crippen LogP contribution in [-0.2, 0) is 0 Å². The molecule has 0 fully saturated rings. The van der Waals surface area contributed by atoms with Crippen LogP contribution in [0.2, 0.25) is 0 Å². The first-order valence-corrected chi connectivity index (χ1v) is 2.26. The molecule has 1 radical (unpaired) electrons. The van der Waals surface area contributed by atoms with Crippen LogP contribution in [0.25, 0.3) is 0 Å². The summed E-state index contributed by atoms with van der Waals surface area (Å²) in [5.74, 6) is 0. The minimum Gasteiger partial charge on any atom is -0.394 e. The van der Waals surface area contributed by atoms with Crippen LogP contribution >= 0.6 is 0 Å². The maximum absolute atomic E-state index is 7.62. The van der Waals surface area contributed by atoms with Gasteiger partial charge in [0.05, 0.1) is 26.4 Å². The van der Waals surface area contributed by atoms with Gasteiger partial charge in [-0.05, 0) is 0 Å². The van der Waals surface area contributed by atoms with Crippen LogP contribution in [0.1, 0.15) is 0 Å². The molecule has 0 aliphatic heterocycles. The van der Waals surface area contributed by atoms with E-state index in [9.17, 15) is 0 Å². The van der Waals surface area contributed by atoms with E-state index in [2.05, 4.69) is 0 Å². The first-order chi connectivity index (χ1) is 3.83. The fraction of sp³-hybridized carbons (Fsp3) is 1.00. The summed E-state index contributed by atoms with van der Waals surface area (Å²) in [5, 5.41) is 30.5. The van der Waals surface area contributed by atoms with Crippen LogP contribution < -0.4 is 0 Å². The van der Waals surface area contributed by atoms with Gasteiger partial charge in [-0.25, -0.2) is 0 Å². The van der Waals surface area contributed by atoms with Crippen LogP contribution in [0, 0.1) is 0 Å². The fourth-order valence-electron chi connectivity index (χ4n) is 0. The molecule has 9 heavy (non-hydrogen) atoms. The van der Waals surface area contributed by atoms with E-state index in [4.69, 9.17) is 20.4 Å². The number of aliphatic hydroxyl groups excluding tert-OH is 4. The Bertz CT molecular complexity index is 20.5. The normalized spacial score (nSPS) is 6.67. The maximum Gasteiger partial charge on any atom is 0.0662 e. The molecule has 4 nitrogen and oxygen atoms in total. The summed E-state index contributed by atoms with van der Waals surface area (Å²) in [4.78, 5) is 0. The van der Waals surface area contributed by atoms with Crippen LogP contribution in [0.3, 0.4) is 0 Å². The van der Waals surface area contributed by atoms with Gasteiger partial charge in [0.15, 0.2) is 0 Å². The van der Waals surface area contributed by atoms with Gasteiger partial charge in [-0.1, -0.05) is 0 Å². The second kappa shape index (κ2) is 23.2. The summed E-state index contributed by atoms with van der Waals surface area (Å²) in [6.45, 7) is -0.500. The number of rotatable bonds is 2. The van der Waals surface area contributed by atoms with E-state index in [-0.39, 0.29) is 56.0 Å². The molecule has 0 aliphatic rings. The topological polar surface area (TPSA) is 80.9 Å². The van der Waals surface area contributed by atoms with Gasteiger partial charge in [0.25, 0.3) is 0 Å². The Kier molecular flexibility index (Phi) is 42.4. The SMILES string of the molecule is OCCO.OCCO.[Na]. The third-order valence-corrected chi connectivity index (χ3v) is 0.200. The molecular weight excluding hydrogens is 135 g/mol. The Morgan fingerprint density at radius 2 is 0.667 bits per heavy atom. The van der Waals surface area contributed by atoms with E-state index in [1.54, 1.807) is 0 Å². The van der Waals surface area contributed by atoms with Gasteiger partial charge >= 0.3 is 0 Å². The minimum absolute atomic E-state index is 0. The van der Waals surface area contributed by atoms with Crippen molar-refractivity contribution in [1.82, 2.24) is 0 Å². The number of aliphatic hydroxyl groups is 4. The van der Waals surface area contributed by atoms with Crippen LogP contribution in [0.4, 0.5) is 0 Å². The minimum atomic E-state index is -0.125. The average molecular weight is 147 g/mol. The molecule has 0 unspecified atom stereocenters. The van der Waals surface area contributed by atoms with Crippen molar-refractivity contribution in [3.05, 3.63) is 0 Å². The molecule has 0 heterocycles. The quantitative estimate of drug-likeness (QED) is 0.327. The summed E-state index contributed by atoms with van der Waals surface area (Å²) < 4.78 is 0. The first kappa shape index (κ1) is 16.4. The van der Waals surface area contributed by atoms with Crippen molar-refractivity contribution in [2.45, 2.75) is 0 Å². The molecule has 0 atom stereocenters. The van der Waals surface area contributed by atoms with Crippen LogP contribution in [0.15, 0.2) is 0 Å². The van der Waals surface area contributed by atoms with Gasteiger partial charge in [0, 0.05) is 29.6 Å². The zero-order chi connectivity index (χ0) is 6.83. The van der Waals surface area contributed by atoms with Gasteiger partial charge in [-0.3, -0.25) is 0 Å². The molecule has 0 rings (SSSR count). The van der Waals surface area contributed by atoms with E-state index in [0.29, 0.717) is 0 Å². The first-order valence-electron chi connectivity index (χ1n) is 2.26. The Labute approximate surface area is 76.4 Å². The Morgan fingerprint density at radius 1 is 0.556 bits per heavy atom. The van der Waals surface area contributed by atoms with Crippen molar-refractivity contribution < 1.29 is 20.4 Å². The molecule has 0 aromatic carbocycles. The predicted octanol–water partition coefficient (Wildman–Crippen LogP) is -2.44. The van der Waals surface area contributed by atoms with E-state index in [0.717, 1.165) is 0 Å². The van der Waals surface area contributed by atoms with Crippen molar-refractivity contribution in [2.75, 3.05) is 26.4 Å². The molecule has 0 saturated carbocycles. The average Bonchev–Trinajstić information content (AvgIpc) is 1.88. The smallest absolute Gasteiger partial charge is 0.0662 e. The van der Waals surface area contributed by atoms with E-state index in [1.807, 2.05) is 0 Å². The van der Waals surface area contributed by atoms with E-state index in [1.165, 1.54) is 0 Å². The third kappa shape index (κ3) is 51.3. The molecular formula is C4H12NaO4. The van der Waals surface area contributed by atoms with E-state index < -0.39 is 0 Å².